The largest absolute Gasteiger partial charge is 0.389 e. The molecule has 3 N–H and O–H groups in total. The summed E-state index contributed by atoms with van der Waals surface area (Å²) in [4.78, 5) is 33.1. The lowest BCUT2D eigenvalue weighted by atomic mass is 9.81. The molecule has 3 heterocycles. The Morgan fingerprint density at radius 2 is 1.87 bits per heavy atom. The van der Waals surface area contributed by atoms with Crippen molar-refractivity contribution in [3.63, 3.8) is 0 Å². The fraction of sp³-hybridized carbons (Fsp3) is 0.545. The molecule has 1 aliphatic carbocycles. The van der Waals surface area contributed by atoms with E-state index in [9.17, 15) is 36.6 Å². The first-order valence-electron chi connectivity index (χ1n) is 11.7. The molecule has 0 radical (unpaired) electrons. The maximum absolute atomic E-state index is 13.8. The second-order valence-corrected chi connectivity index (χ2v) is 9.15. The van der Waals surface area contributed by atoms with Gasteiger partial charge in [-0.2, -0.15) is 13.2 Å². The van der Waals surface area contributed by atoms with Crippen LogP contribution < -0.4 is 10.6 Å². The molecule has 0 spiro atoms. The van der Waals surface area contributed by atoms with Gasteiger partial charge in [-0.05, 0) is 36.9 Å². The molecular formula is C22H24F5N7O4. The summed E-state index contributed by atoms with van der Waals surface area (Å²) >= 11 is 0. The second-order valence-electron chi connectivity index (χ2n) is 9.15. The normalized spacial score (nSPS) is 17.8. The van der Waals surface area contributed by atoms with Crippen LogP contribution in [0.25, 0.3) is 5.78 Å². The van der Waals surface area contributed by atoms with Gasteiger partial charge in [-0.3, -0.25) is 14.0 Å². The van der Waals surface area contributed by atoms with Crippen LogP contribution in [-0.4, -0.2) is 53.7 Å². The number of aromatic nitrogens is 5. The van der Waals surface area contributed by atoms with E-state index in [4.69, 9.17) is 0 Å². The van der Waals surface area contributed by atoms with E-state index in [1.165, 1.54) is 29.8 Å². The van der Waals surface area contributed by atoms with Crippen LogP contribution in [-0.2, 0) is 4.79 Å². The van der Waals surface area contributed by atoms with Crippen molar-refractivity contribution in [2.75, 3.05) is 0 Å². The number of amides is 2. The van der Waals surface area contributed by atoms with Crippen molar-refractivity contribution < 1.29 is 41.3 Å². The van der Waals surface area contributed by atoms with E-state index in [-0.39, 0.29) is 54.5 Å². The van der Waals surface area contributed by atoms with Gasteiger partial charge in [-0.1, -0.05) is 5.16 Å². The quantitative estimate of drug-likeness (QED) is 0.289. The van der Waals surface area contributed by atoms with Crippen LogP contribution in [0.1, 0.15) is 78.4 Å². The summed E-state index contributed by atoms with van der Waals surface area (Å²) in [5.74, 6) is -4.79. The maximum Gasteiger partial charge on any atom is 0.389 e. The van der Waals surface area contributed by atoms with Crippen LogP contribution in [0.3, 0.4) is 0 Å². The number of aliphatic hydroxyl groups excluding tert-OH is 1. The Labute approximate surface area is 211 Å². The van der Waals surface area contributed by atoms with Crippen molar-refractivity contribution >= 4 is 17.6 Å². The zero-order valence-corrected chi connectivity index (χ0v) is 20.0. The van der Waals surface area contributed by atoms with Gasteiger partial charge in [0.2, 0.25) is 17.6 Å². The molecule has 38 heavy (non-hydrogen) atoms. The molecule has 0 bridgehead atoms. The number of aliphatic hydroxyl groups is 1. The Hall–Kier alpha value is -3.69. The number of hydrogen-bond donors (Lipinski definition) is 3. The summed E-state index contributed by atoms with van der Waals surface area (Å²) in [6.45, 7) is 1.52. The van der Waals surface area contributed by atoms with Gasteiger partial charge in [-0.15, -0.1) is 0 Å². The van der Waals surface area contributed by atoms with E-state index in [2.05, 4.69) is 30.2 Å². The molecule has 0 unspecified atom stereocenters. The van der Waals surface area contributed by atoms with Crippen molar-refractivity contribution in [3.8, 4) is 0 Å². The highest BCUT2D eigenvalue weighted by Gasteiger charge is 2.39. The van der Waals surface area contributed by atoms with E-state index < -0.39 is 49.0 Å². The third-order valence-corrected chi connectivity index (χ3v) is 6.29. The highest BCUT2D eigenvalue weighted by atomic mass is 19.4. The van der Waals surface area contributed by atoms with Gasteiger partial charge >= 0.3 is 6.18 Å². The lowest BCUT2D eigenvalue weighted by Gasteiger charge is -2.33. The Balaban J connectivity index is 1.55. The monoisotopic (exact) mass is 545 g/mol. The highest BCUT2D eigenvalue weighted by Crippen LogP contribution is 2.41. The molecule has 2 amide bonds. The van der Waals surface area contributed by atoms with E-state index in [1.54, 1.807) is 0 Å². The lowest BCUT2D eigenvalue weighted by Crippen LogP contribution is -2.37. The zero-order chi connectivity index (χ0) is 27.7. The minimum Gasteiger partial charge on any atom is -0.368 e. The molecule has 206 valence electrons. The number of nitrogens with zero attached hydrogens (tertiary/aromatic N) is 5. The summed E-state index contributed by atoms with van der Waals surface area (Å²) in [7, 11) is 0. The van der Waals surface area contributed by atoms with Crippen molar-refractivity contribution in [3.05, 3.63) is 41.2 Å². The van der Waals surface area contributed by atoms with Crippen LogP contribution in [0.5, 0.6) is 0 Å². The molecular weight excluding hydrogens is 521 g/mol. The number of halogens is 5. The van der Waals surface area contributed by atoms with Crippen LogP contribution in [0.15, 0.2) is 23.1 Å². The van der Waals surface area contributed by atoms with E-state index >= 15 is 0 Å². The molecule has 16 heteroatoms. The Bertz CT molecular complexity index is 1300. The molecule has 2 atom stereocenters. The molecule has 3 aromatic heterocycles. The molecule has 0 saturated heterocycles. The number of nitrogens with one attached hydrogen (secondary N) is 2. The molecule has 1 saturated carbocycles. The summed E-state index contributed by atoms with van der Waals surface area (Å²) < 4.78 is 70.6. The molecule has 0 aromatic carbocycles. The fourth-order valence-corrected chi connectivity index (χ4v) is 4.24. The number of imidazole rings is 1. The van der Waals surface area contributed by atoms with Crippen LogP contribution in [0, 0.1) is 12.8 Å². The second kappa shape index (κ2) is 10.6. The molecule has 3 aromatic rings. The predicted molar refractivity (Wildman–Crippen MR) is 118 cm³/mol. The molecule has 0 aliphatic heterocycles. The Kier molecular flexibility index (Phi) is 7.62. The Morgan fingerprint density at radius 1 is 1.18 bits per heavy atom. The molecule has 1 aliphatic rings. The van der Waals surface area contributed by atoms with E-state index in [0.29, 0.717) is 5.69 Å². The average Bonchev–Trinajstić information content (AvgIpc) is 3.46. The topological polar surface area (TPSA) is 148 Å². The first-order chi connectivity index (χ1) is 17.8. The van der Waals surface area contributed by atoms with E-state index in [0.717, 1.165) is 0 Å². The van der Waals surface area contributed by atoms with Gasteiger partial charge in [0.05, 0.1) is 23.9 Å². The third-order valence-electron chi connectivity index (χ3n) is 6.29. The van der Waals surface area contributed by atoms with Gasteiger partial charge in [0, 0.05) is 31.7 Å². The van der Waals surface area contributed by atoms with Crippen LogP contribution >= 0.6 is 0 Å². The molecule has 11 nitrogen and oxygen atoms in total. The van der Waals surface area contributed by atoms with Gasteiger partial charge in [0.1, 0.15) is 5.69 Å². The summed E-state index contributed by atoms with van der Waals surface area (Å²) in [6, 6.07) is 0.527. The number of hydrogen-bond acceptors (Lipinski definition) is 8. The minimum absolute atomic E-state index is 0.0424. The zero-order valence-electron chi connectivity index (χ0n) is 20.0. The summed E-state index contributed by atoms with van der Waals surface area (Å²) in [5, 5.41) is 22.2. The number of carbonyl (C=O) groups excluding carboxylic acids is 2. The third kappa shape index (κ3) is 6.59. The van der Waals surface area contributed by atoms with Crippen molar-refractivity contribution in [1.29, 1.82) is 0 Å². The highest BCUT2D eigenvalue weighted by molar-refractivity contribution is 5.93. The Morgan fingerprint density at radius 3 is 2.50 bits per heavy atom. The number of fused-ring (bicyclic) bond motifs is 1. The smallest absolute Gasteiger partial charge is 0.368 e. The van der Waals surface area contributed by atoms with Gasteiger partial charge < -0.3 is 15.7 Å². The van der Waals surface area contributed by atoms with Crippen LogP contribution in [0.4, 0.5) is 22.0 Å². The van der Waals surface area contributed by atoms with Crippen molar-refractivity contribution in [1.82, 2.24) is 35.3 Å². The summed E-state index contributed by atoms with van der Waals surface area (Å²) in [6.07, 6.45) is -5.93. The number of carbonyl (C=O) groups is 2. The standard InChI is InChI=1S/C22H24F5N7O4/c1-11-16(33-38-32-11)19(37)31-17(12-2-6-21(23,24)7-3-12)14-10-34-9-5-13(28-20(34)29-14)18(36)30-15(35)4-8-22(25,26)27/h5,9-10,12,17-18,36H,2-4,6-8H2,1H3,(H,30,35)(H,31,37)/t17-,18+/m0/s1. The lowest BCUT2D eigenvalue weighted by molar-refractivity contribution is -0.145. The SMILES string of the molecule is Cc1nonc1C(=O)N[C@H](c1cn2ccc([C@@H](O)NC(=O)CCC(F)(F)F)nc2n1)C1CCC(F)(F)CC1. The number of rotatable bonds is 8. The predicted octanol–water partition coefficient (Wildman–Crippen LogP) is 3.17. The first kappa shape index (κ1) is 27.3. The number of alkyl halides is 5. The minimum atomic E-state index is -4.52. The summed E-state index contributed by atoms with van der Waals surface area (Å²) in [5.41, 5.74) is 0.391. The fourth-order valence-electron chi connectivity index (χ4n) is 4.24. The van der Waals surface area contributed by atoms with E-state index in [1.807, 2.05) is 5.32 Å². The van der Waals surface area contributed by atoms with Gasteiger partial charge in [0.15, 0.2) is 11.9 Å². The van der Waals surface area contributed by atoms with Gasteiger partial charge in [-0.25, -0.2) is 23.4 Å². The van der Waals surface area contributed by atoms with Crippen LogP contribution in [0.2, 0.25) is 0 Å². The van der Waals surface area contributed by atoms with Gasteiger partial charge in [0.25, 0.3) is 5.91 Å². The molecule has 1 fully saturated rings. The average molecular weight is 545 g/mol. The first-order valence-corrected chi connectivity index (χ1v) is 11.7. The van der Waals surface area contributed by atoms with Crippen molar-refractivity contribution in [2.45, 2.75) is 69.8 Å². The molecule has 4 rings (SSSR count). The van der Waals surface area contributed by atoms with Crippen molar-refractivity contribution in [2.24, 2.45) is 5.92 Å². The maximum atomic E-state index is 13.8. The number of aryl methyl sites for hydroxylation is 1.